The average molecular weight is 423 g/mol. The molecule has 0 aromatic heterocycles. The first-order valence-corrected chi connectivity index (χ1v) is 7.48. The third kappa shape index (κ3) is 557. The van der Waals surface area contributed by atoms with Crippen molar-refractivity contribution in [3.05, 3.63) is 61.3 Å². The van der Waals surface area contributed by atoms with Gasteiger partial charge in [0.2, 0.25) is 0 Å². The van der Waals surface area contributed by atoms with Crippen LogP contribution >= 0.6 is 0 Å². The van der Waals surface area contributed by atoms with Gasteiger partial charge in [-0.05, 0) is 0 Å². The SMILES string of the molecule is O=[N+]([O-])[O-].O=[N+]([O-])[O-].O=[N+]([O-])[O-].O=[N+]([O-])[O-].[NH3+][Pd]([NH3+])([NH3+])[NH3+]. The van der Waals surface area contributed by atoms with Crippen molar-refractivity contribution in [2.75, 3.05) is 0 Å². The first kappa shape index (κ1) is 31.0. The van der Waals surface area contributed by atoms with E-state index in [1.165, 1.54) is 0 Å². The van der Waals surface area contributed by atoms with Crippen molar-refractivity contribution < 1.29 is 54.3 Å². The quantitative estimate of drug-likeness (QED) is 0.161. The Kier molecular flexibility index (Phi) is 29.0. The minimum absolute atomic E-state index is 1.70. The number of hydrogen-bond acceptors (Lipinski definition) is 12. The average Bonchev–Trinajstić information content (AvgIpc) is 1.91. The molecule has 0 aromatic carbocycles. The van der Waals surface area contributed by atoms with E-state index in [0.717, 1.165) is 0 Å². The van der Waals surface area contributed by atoms with Crippen LogP contribution in [0.1, 0.15) is 0 Å². The molecule has 0 heterocycles. The van der Waals surface area contributed by atoms with Crippen LogP contribution in [0.3, 0.4) is 0 Å². The maximum atomic E-state index is 8.25. The van der Waals surface area contributed by atoms with Crippen molar-refractivity contribution in [3.63, 3.8) is 0 Å². The number of nitrogens with zero attached hydrogens (tertiary/aromatic N) is 4. The predicted octanol–water partition coefficient (Wildman–Crippen LogP) is -6.19. The molecular formula is H12N8O12Pd. The van der Waals surface area contributed by atoms with Gasteiger partial charge in [-0.2, -0.15) is 0 Å². The van der Waals surface area contributed by atoms with E-state index in [1.54, 1.807) is 0 Å². The van der Waals surface area contributed by atoms with E-state index >= 15 is 0 Å². The zero-order chi connectivity index (χ0) is 18.8. The molecule has 0 saturated carbocycles. The van der Waals surface area contributed by atoms with Crippen LogP contribution in [-0.4, -0.2) is 20.3 Å². The Bertz CT molecular complexity index is 224. The monoisotopic (exact) mass is 422 g/mol. The van der Waals surface area contributed by atoms with Gasteiger partial charge in [-0.15, -0.1) is 0 Å². The number of rotatable bonds is 0. The Hall–Kier alpha value is -2.70. The van der Waals surface area contributed by atoms with Crippen LogP contribution in [0.2, 0.25) is 0 Å². The van der Waals surface area contributed by atoms with E-state index in [4.69, 9.17) is 61.3 Å². The Labute approximate surface area is 116 Å². The van der Waals surface area contributed by atoms with Gasteiger partial charge in [0.25, 0.3) is 0 Å². The van der Waals surface area contributed by atoms with Crippen LogP contribution < -0.4 is 17.5 Å². The standard InChI is InChI=1S/4NO3.4H3N.Pd/c4*2-1(3)4;;;;;/h;;;;4*1H3;/q4*-1;;;;;+4. The van der Waals surface area contributed by atoms with Crippen LogP contribution in [0.5, 0.6) is 0 Å². The molecule has 0 radical (unpaired) electrons. The molecule has 0 atom stereocenters. The molecule has 134 valence electrons. The van der Waals surface area contributed by atoms with Crippen molar-refractivity contribution >= 4 is 0 Å². The fourth-order valence-corrected chi connectivity index (χ4v) is 0. The van der Waals surface area contributed by atoms with E-state index in [2.05, 4.69) is 17.5 Å². The summed E-state index contributed by atoms with van der Waals surface area (Å²) in [5.74, 6) is 0. The summed E-state index contributed by atoms with van der Waals surface area (Å²) in [6, 6.07) is 0. The predicted molar refractivity (Wildman–Crippen MR) is 53.0 cm³/mol. The Balaban J connectivity index is -0.0000000510. The Morgan fingerprint density at radius 3 is 0.476 bits per heavy atom. The van der Waals surface area contributed by atoms with Crippen LogP contribution in [0.15, 0.2) is 0 Å². The molecule has 0 unspecified atom stereocenters. The normalized spacial score (nSPS) is 8.19. The maximum absolute atomic E-state index is 8.25. The Morgan fingerprint density at radius 1 is 0.476 bits per heavy atom. The van der Waals surface area contributed by atoms with Crippen LogP contribution in [0, 0.1) is 61.3 Å². The van der Waals surface area contributed by atoms with Crippen molar-refractivity contribution in [2.45, 2.75) is 0 Å². The summed E-state index contributed by atoms with van der Waals surface area (Å²) in [4.78, 5) is 33.0. The molecule has 0 saturated heterocycles. The van der Waals surface area contributed by atoms with Crippen molar-refractivity contribution in [2.24, 2.45) is 0 Å². The van der Waals surface area contributed by atoms with Crippen molar-refractivity contribution in [3.8, 4) is 0 Å². The first-order chi connectivity index (χ1) is 8.93. The molecule has 0 amide bonds. The molecule has 20 nitrogen and oxygen atoms in total. The van der Waals surface area contributed by atoms with Crippen molar-refractivity contribution in [1.29, 1.82) is 0 Å². The summed E-state index contributed by atoms with van der Waals surface area (Å²) in [7, 11) is 0. The van der Waals surface area contributed by atoms with Gasteiger partial charge in [0.15, 0.2) is 0 Å². The van der Waals surface area contributed by atoms with E-state index in [0.29, 0.717) is 0 Å². The topological polar surface area (TPSA) is 375 Å². The van der Waals surface area contributed by atoms with Crippen LogP contribution in [0.4, 0.5) is 0 Å². The second-order valence-electron chi connectivity index (χ2n) is 1.84. The summed E-state index contributed by atoms with van der Waals surface area (Å²) in [5, 5.41) is 59.0. The summed E-state index contributed by atoms with van der Waals surface area (Å²) in [6.45, 7) is 0. The molecule has 0 aliphatic rings. The third-order valence-electron chi connectivity index (χ3n) is 0. The van der Waals surface area contributed by atoms with E-state index < -0.39 is 36.9 Å². The molecule has 21 heteroatoms. The second-order valence-corrected chi connectivity index (χ2v) is 6.51. The van der Waals surface area contributed by atoms with E-state index in [1.807, 2.05) is 0 Å². The molecular weight excluding hydrogens is 410 g/mol. The van der Waals surface area contributed by atoms with Gasteiger partial charge in [0, 0.05) is 0 Å². The molecule has 0 bridgehead atoms. The zero-order valence-electron chi connectivity index (χ0n) is 9.83. The van der Waals surface area contributed by atoms with Crippen molar-refractivity contribution in [1.82, 2.24) is 0 Å². The van der Waals surface area contributed by atoms with Gasteiger partial charge in [-0.1, -0.05) is 0 Å². The fraction of sp³-hybridized carbons (Fsp3) is 0. The molecule has 0 aliphatic carbocycles. The fourth-order valence-electron chi connectivity index (χ4n) is 0. The molecule has 0 fully saturated rings. The van der Waals surface area contributed by atoms with Gasteiger partial charge >= 0.3 is 34.0 Å². The summed E-state index contributed by atoms with van der Waals surface area (Å²) in [6.07, 6.45) is 0. The molecule has 21 heavy (non-hydrogen) atoms. The molecule has 0 spiro atoms. The van der Waals surface area contributed by atoms with Crippen LogP contribution in [0.25, 0.3) is 0 Å². The van der Waals surface area contributed by atoms with Gasteiger partial charge in [0.05, 0.1) is 20.3 Å². The van der Waals surface area contributed by atoms with E-state index in [-0.39, 0.29) is 0 Å². The first-order valence-electron chi connectivity index (χ1n) is 3.09. The van der Waals surface area contributed by atoms with Gasteiger partial charge in [0.1, 0.15) is 0 Å². The molecule has 0 aromatic rings. The number of hydrogen-bond donors (Lipinski definition) is 4. The van der Waals surface area contributed by atoms with Crippen LogP contribution in [-0.2, 0) is 16.5 Å². The summed E-state index contributed by atoms with van der Waals surface area (Å²) in [5.41, 5.74) is 0. The molecule has 0 aliphatic heterocycles. The molecule has 0 rings (SSSR count). The Morgan fingerprint density at radius 2 is 0.476 bits per heavy atom. The van der Waals surface area contributed by atoms with Gasteiger partial charge in [-0.25, -0.2) is 0 Å². The van der Waals surface area contributed by atoms with Gasteiger partial charge < -0.3 is 61.3 Å². The zero-order valence-corrected chi connectivity index (χ0v) is 11.4. The van der Waals surface area contributed by atoms with E-state index in [9.17, 15) is 0 Å². The minimum atomic E-state index is -1.75. The summed E-state index contributed by atoms with van der Waals surface area (Å²) >= 11 is -1.70. The molecule has 12 N–H and O–H groups in total. The third-order valence-corrected chi connectivity index (χ3v) is 0. The second kappa shape index (κ2) is 19.6. The summed E-state index contributed by atoms with van der Waals surface area (Å²) < 4.78 is 14.4. The van der Waals surface area contributed by atoms with Gasteiger partial charge in [-0.3, -0.25) is 0 Å². The number of quaternary nitrogens is 4.